The first-order valence-electron chi connectivity index (χ1n) is 6.73. The van der Waals surface area contributed by atoms with E-state index in [0.29, 0.717) is 6.61 Å². The summed E-state index contributed by atoms with van der Waals surface area (Å²) in [6.07, 6.45) is 0. The van der Waals surface area contributed by atoms with E-state index >= 15 is 0 Å². The van der Waals surface area contributed by atoms with E-state index in [1.165, 1.54) is 5.56 Å². The van der Waals surface area contributed by atoms with E-state index in [0.717, 1.165) is 29.2 Å². The summed E-state index contributed by atoms with van der Waals surface area (Å²) >= 11 is 0. The van der Waals surface area contributed by atoms with Crippen molar-refractivity contribution in [2.24, 2.45) is 0 Å². The van der Waals surface area contributed by atoms with Gasteiger partial charge in [-0.1, -0.05) is 24.3 Å². The van der Waals surface area contributed by atoms with E-state index in [1.807, 2.05) is 31.3 Å². The molecule has 0 fully saturated rings. The molecule has 3 heteroatoms. The third-order valence-corrected chi connectivity index (χ3v) is 3.07. The SMILES string of the molecule is CNCc1ccc(C)c(Oc2cccc(COC)c2)c1. The van der Waals surface area contributed by atoms with Crippen molar-refractivity contribution in [1.82, 2.24) is 5.32 Å². The summed E-state index contributed by atoms with van der Waals surface area (Å²) < 4.78 is 11.1. The molecule has 2 aromatic rings. The molecule has 0 unspecified atom stereocenters. The zero-order valence-corrected chi connectivity index (χ0v) is 12.3. The molecule has 20 heavy (non-hydrogen) atoms. The monoisotopic (exact) mass is 271 g/mol. The summed E-state index contributed by atoms with van der Waals surface area (Å²) in [6.45, 7) is 3.48. The maximum atomic E-state index is 6.00. The second-order valence-corrected chi connectivity index (χ2v) is 4.81. The average molecular weight is 271 g/mol. The third kappa shape index (κ3) is 3.83. The van der Waals surface area contributed by atoms with Crippen molar-refractivity contribution in [2.75, 3.05) is 14.2 Å². The molecule has 0 bridgehead atoms. The molecule has 2 rings (SSSR count). The second-order valence-electron chi connectivity index (χ2n) is 4.81. The van der Waals surface area contributed by atoms with Crippen LogP contribution >= 0.6 is 0 Å². The zero-order chi connectivity index (χ0) is 14.4. The first-order chi connectivity index (χ1) is 9.72. The standard InChI is InChI=1S/C17H21NO2/c1-13-7-8-14(11-18-2)10-17(13)20-16-6-4-5-15(9-16)12-19-3/h4-10,18H,11-12H2,1-3H3. The van der Waals surface area contributed by atoms with Gasteiger partial charge < -0.3 is 14.8 Å². The van der Waals surface area contributed by atoms with Crippen LogP contribution in [0.4, 0.5) is 0 Å². The number of methoxy groups -OCH3 is 1. The van der Waals surface area contributed by atoms with Crippen LogP contribution in [0.25, 0.3) is 0 Å². The average Bonchev–Trinajstić information content (AvgIpc) is 2.44. The number of ether oxygens (including phenoxy) is 2. The third-order valence-electron chi connectivity index (χ3n) is 3.07. The summed E-state index contributed by atoms with van der Waals surface area (Å²) in [4.78, 5) is 0. The van der Waals surface area contributed by atoms with Gasteiger partial charge in [0, 0.05) is 13.7 Å². The Bertz CT molecular complexity index is 567. The smallest absolute Gasteiger partial charge is 0.130 e. The highest BCUT2D eigenvalue weighted by Crippen LogP contribution is 2.26. The van der Waals surface area contributed by atoms with E-state index in [4.69, 9.17) is 9.47 Å². The van der Waals surface area contributed by atoms with Gasteiger partial charge in [-0.05, 0) is 48.9 Å². The van der Waals surface area contributed by atoms with Gasteiger partial charge >= 0.3 is 0 Å². The molecular weight excluding hydrogens is 250 g/mol. The molecule has 0 saturated carbocycles. The lowest BCUT2D eigenvalue weighted by Crippen LogP contribution is -2.05. The van der Waals surface area contributed by atoms with Crippen molar-refractivity contribution in [2.45, 2.75) is 20.1 Å². The largest absolute Gasteiger partial charge is 0.457 e. The molecule has 0 amide bonds. The van der Waals surface area contributed by atoms with Crippen LogP contribution in [0.2, 0.25) is 0 Å². The van der Waals surface area contributed by atoms with Crippen LogP contribution in [0, 0.1) is 6.92 Å². The molecule has 0 atom stereocenters. The van der Waals surface area contributed by atoms with Crippen molar-refractivity contribution < 1.29 is 9.47 Å². The molecule has 0 aliphatic carbocycles. The molecule has 0 aliphatic rings. The highest BCUT2D eigenvalue weighted by atomic mass is 16.5. The lowest BCUT2D eigenvalue weighted by atomic mass is 10.1. The van der Waals surface area contributed by atoms with Crippen LogP contribution in [0.3, 0.4) is 0 Å². The fourth-order valence-electron chi connectivity index (χ4n) is 2.06. The summed E-state index contributed by atoms with van der Waals surface area (Å²) in [5, 5.41) is 3.15. The quantitative estimate of drug-likeness (QED) is 0.870. The normalized spacial score (nSPS) is 10.6. The van der Waals surface area contributed by atoms with E-state index in [1.54, 1.807) is 7.11 Å². The number of hydrogen-bond acceptors (Lipinski definition) is 3. The Morgan fingerprint density at radius 1 is 1.05 bits per heavy atom. The molecule has 0 spiro atoms. The summed E-state index contributed by atoms with van der Waals surface area (Å²) in [6, 6.07) is 14.3. The maximum absolute atomic E-state index is 6.00. The Morgan fingerprint density at radius 2 is 1.90 bits per heavy atom. The molecule has 2 aromatic carbocycles. The fourth-order valence-corrected chi connectivity index (χ4v) is 2.06. The number of hydrogen-bond donors (Lipinski definition) is 1. The Labute approximate surface area is 120 Å². The van der Waals surface area contributed by atoms with Crippen LogP contribution in [0.1, 0.15) is 16.7 Å². The molecular formula is C17H21NO2. The Hall–Kier alpha value is -1.84. The highest BCUT2D eigenvalue weighted by Gasteiger charge is 2.04. The minimum Gasteiger partial charge on any atom is -0.457 e. The summed E-state index contributed by atoms with van der Waals surface area (Å²) in [7, 11) is 3.63. The first-order valence-corrected chi connectivity index (χ1v) is 6.73. The van der Waals surface area contributed by atoms with Crippen LogP contribution < -0.4 is 10.1 Å². The van der Waals surface area contributed by atoms with Gasteiger partial charge in [0.1, 0.15) is 11.5 Å². The minimum atomic E-state index is 0.593. The van der Waals surface area contributed by atoms with E-state index in [-0.39, 0.29) is 0 Å². The van der Waals surface area contributed by atoms with Crippen molar-refractivity contribution in [1.29, 1.82) is 0 Å². The predicted molar refractivity (Wildman–Crippen MR) is 81.2 cm³/mol. The van der Waals surface area contributed by atoms with Crippen LogP contribution in [0.5, 0.6) is 11.5 Å². The molecule has 1 N–H and O–H groups in total. The molecule has 106 valence electrons. The van der Waals surface area contributed by atoms with E-state index in [2.05, 4.69) is 30.4 Å². The van der Waals surface area contributed by atoms with Crippen molar-refractivity contribution in [3.8, 4) is 11.5 Å². The van der Waals surface area contributed by atoms with Gasteiger partial charge in [-0.25, -0.2) is 0 Å². The predicted octanol–water partition coefficient (Wildman–Crippen LogP) is 3.65. The topological polar surface area (TPSA) is 30.5 Å². The number of aryl methyl sites for hydroxylation is 1. The Morgan fingerprint density at radius 3 is 2.65 bits per heavy atom. The number of nitrogens with one attached hydrogen (secondary N) is 1. The van der Waals surface area contributed by atoms with Gasteiger partial charge in [0.2, 0.25) is 0 Å². The molecule has 0 saturated heterocycles. The van der Waals surface area contributed by atoms with E-state index < -0.39 is 0 Å². The van der Waals surface area contributed by atoms with Gasteiger partial charge in [0.05, 0.1) is 6.61 Å². The Balaban J connectivity index is 2.20. The first kappa shape index (κ1) is 14.6. The highest BCUT2D eigenvalue weighted by molar-refractivity contribution is 5.40. The number of benzene rings is 2. The zero-order valence-electron chi connectivity index (χ0n) is 12.3. The van der Waals surface area contributed by atoms with Gasteiger partial charge in [-0.3, -0.25) is 0 Å². The van der Waals surface area contributed by atoms with Crippen molar-refractivity contribution in [3.05, 3.63) is 59.2 Å². The van der Waals surface area contributed by atoms with Crippen LogP contribution in [0.15, 0.2) is 42.5 Å². The van der Waals surface area contributed by atoms with Crippen molar-refractivity contribution in [3.63, 3.8) is 0 Å². The molecule has 0 aliphatic heterocycles. The summed E-state index contributed by atoms with van der Waals surface area (Å²) in [5.74, 6) is 1.73. The lowest BCUT2D eigenvalue weighted by Gasteiger charge is -2.11. The molecule has 0 aromatic heterocycles. The molecule has 3 nitrogen and oxygen atoms in total. The van der Waals surface area contributed by atoms with Gasteiger partial charge in [-0.15, -0.1) is 0 Å². The second kappa shape index (κ2) is 7.08. The maximum Gasteiger partial charge on any atom is 0.130 e. The Kier molecular flexibility index (Phi) is 5.16. The molecule has 0 radical (unpaired) electrons. The fraction of sp³-hybridized carbons (Fsp3) is 0.294. The van der Waals surface area contributed by atoms with Gasteiger partial charge in [0.25, 0.3) is 0 Å². The van der Waals surface area contributed by atoms with Crippen LogP contribution in [-0.4, -0.2) is 14.2 Å². The van der Waals surface area contributed by atoms with Gasteiger partial charge in [-0.2, -0.15) is 0 Å². The number of rotatable bonds is 6. The minimum absolute atomic E-state index is 0.593. The lowest BCUT2D eigenvalue weighted by molar-refractivity contribution is 0.184. The van der Waals surface area contributed by atoms with E-state index in [9.17, 15) is 0 Å². The summed E-state index contributed by atoms with van der Waals surface area (Å²) in [5.41, 5.74) is 3.44. The molecule has 0 heterocycles. The van der Waals surface area contributed by atoms with Gasteiger partial charge in [0.15, 0.2) is 0 Å². The van der Waals surface area contributed by atoms with Crippen molar-refractivity contribution >= 4 is 0 Å². The van der Waals surface area contributed by atoms with Crippen LogP contribution in [-0.2, 0) is 17.9 Å².